The first-order valence-corrected chi connectivity index (χ1v) is 8.96. The molecule has 1 heterocycles. The van der Waals surface area contributed by atoms with E-state index in [1.54, 1.807) is 20.8 Å². The summed E-state index contributed by atoms with van der Waals surface area (Å²) in [4.78, 5) is 36.4. The van der Waals surface area contributed by atoms with Gasteiger partial charge in [0.2, 0.25) is 0 Å². The van der Waals surface area contributed by atoms with E-state index < -0.39 is 66.0 Å². The quantitative estimate of drug-likeness (QED) is 0.504. The van der Waals surface area contributed by atoms with Crippen molar-refractivity contribution in [1.82, 2.24) is 0 Å². The molecule has 152 valence electrons. The third-order valence-electron chi connectivity index (χ3n) is 5.10. The molecule has 1 aliphatic heterocycles. The molecule has 1 saturated heterocycles. The highest BCUT2D eigenvalue weighted by Crippen LogP contribution is 2.59. The van der Waals surface area contributed by atoms with Crippen LogP contribution in [0.1, 0.15) is 34.1 Å². The number of carbonyl (C=O) groups is 3. The summed E-state index contributed by atoms with van der Waals surface area (Å²) in [5.41, 5.74) is -0.669. The van der Waals surface area contributed by atoms with Crippen molar-refractivity contribution in [2.24, 2.45) is 23.7 Å². The molecule has 0 amide bonds. The summed E-state index contributed by atoms with van der Waals surface area (Å²) in [5.74, 6) is -7.36. The van der Waals surface area contributed by atoms with E-state index in [2.05, 4.69) is 0 Å². The third kappa shape index (κ3) is 4.07. The summed E-state index contributed by atoms with van der Waals surface area (Å²) in [7, 11) is 0. The summed E-state index contributed by atoms with van der Waals surface area (Å²) in [6, 6.07) is 0. The topological polar surface area (TPSA) is 88.1 Å². The summed E-state index contributed by atoms with van der Waals surface area (Å²) in [6.45, 7) is 4.42. The first kappa shape index (κ1) is 20.0. The molecule has 0 aromatic carbocycles. The van der Waals surface area contributed by atoms with Gasteiger partial charge < -0.3 is 18.9 Å². The average Bonchev–Trinajstić information content (AvgIpc) is 3.10. The van der Waals surface area contributed by atoms with Crippen LogP contribution < -0.4 is 0 Å². The Morgan fingerprint density at radius 3 is 2.44 bits per heavy atom. The van der Waals surface area contributed by atoms with Crippen molar-refractivity contribution in [3.05, 3.63) is 0 Å². The molecule has 3 rings (SSSR count). The minimum atomic E-state index is -3.15. The second-order valence-corrected chi connectivity index (χ2v) is 8.56. The van der Waals surface area contributed by atoms with Gasteiger partial charge in [0.15, 0.2) is 6.61 Å². The van der Waals surface area contributed by atoms with E-state index >= 15 is 0 Å². The van der Waals surface area contributed by atoms with E-state index in [1.807, 2.05) is 0 Å². The molecule has 0 aromatic rings. The zero-order chi connectivity index (χ0) is 20.1. The molecule has 7 nitrogen and oxygen atoms in total. The van der Waals surface area contributed by atoms with Crippen LogP contribution in [0.3, 0.4) is 0 Å². The van der Waals surface area contributed by atoms with E-state index in [0.717, 1.165) is 0 Å². The van der Waals surface area contributed by atoms with Crippen LogP contribution in [0.15, 0.2) is 0 Å². The molecule has 3 aliphatic rings. The lowest BCUT2D eigenvalue weighted by atomic mass is 9.78. The Kier molecular flexibility index (Phi) is 4.95. The molecule has 9 heteroatoms. The number of alkyl halides is 2. The molecule has 0 N–H and O–H groups in total. The lowest BCUT2D eigenvalue weighted by Crippen LogP contribution is -2.44. The Balaban J connectivity index is 1.67. The van der Waals surface area contributed by atoms with Gasteiger partial charge in [-0.15, -0.1) is 0 Å². The highest BCUT2D eigenvalue weighted by molar-refractivity contribution is 5.86. The van der Waals surface area contributed by atoms with Crippen molar-refractivity contribution in [3.63, 3.8) is 0 Å². The van der Waals surface area contributed by atoms with Gasteiger partial charge in [-0.3, -0.25) is 9.59 Å². The minimum Gasteiger partial charge on any atom is -0.459 e. The van der Waals surface area contributed by atoms with Crippen LogP contribution in [0.25, 0.3) is 0 Å². The molecule has 0 aromatic heterocycles. The maximum Gasteiger partial charge on any atom is 0.332 e. The van der Waals surface area contributed by atoms with Gasteiger partial charge in [-0.1, -0.05) is 0 Å². The van der Waals surface area contributed by atoms with Crippen molar-refractivity contribution in [1.29, 1.82) is 0 Å². The van der Waals surface area contributed by atoms with E-state index in [0.29, 0.717) is 13.3 Å². The fourth-order valence-electron chi connectivity index (χ4n) is 4.36. The minimum absolute atomic E-state index is 0.231. The van der Waals surface area contributed by atoms with Crippen LogP contribution in [-0.4, -0.2) is 54.9 Å². The Morgan fingerprint density at radius 2 is 1.85 bits per heavy atom. The van der Waals surface area contributed by atoms with Crippen molar-refractivity contribution < 1.29 is 42.1 Å². The molecule has 0 radical (unpaired) electrons. The Hall–Kier alpha value is -1.77. The van der Waals surface area contributed by atoms with Crippen LogP contribution in [0.4, 0.5) is 8.78 Å². The van der Waals surface area contributed by atoms with E-state index in [-0.39, 0.29) is 12.5 Å². The molecule has 6 atom stereocenters. The van der Waals surface area contributed by atoms with Crippen LogP contribution in [-0.2, 0) is 33.3 Å². The Bertz CT molecular complexity index is 637. The third-order valence-corrected chi connectivity index (χ3v) is 5.10. The molecule has 2 aliphatic carbocycles. The zero-order valence-electron chi connectivity index (χ0n) is 15.7. The maximum absolute atomic E-state index is 13.0. The first-order valence-electron chi connectivity index (χ1n) is 8.96. The molecule has 0 spiro atoms. The lowest BCUT2D eigenvalue weighted by molar-refractivity contribution is -0.170. The molecule has 2 saturated carbocycles. The van der Waals surface area contributed by atoms with E-state index in [1.165, 1.54) is 0 Å². The number of ether oxygens (including phenoxy) is 4. The monoisotopic (exact) mass is 390 g/mol. The second-order valence-electron chi connectivity index (χ2n) is 8.56. The number of fused-ring (bicyclic) bond motifs is 1. The highest BCUT2D eigenvalue weighted by atomic mass is 19.3. The standard InChI is InChI=1S/C18H24F2O7/c1-17(2,3)27-10(21)6-24-13-8-5-9-12(16(23)26-14(9)13)11(8)15(22)25-7-18(4,19)20/h8-9,11-14H,5-7H2,1-4H3. The van der Waals surface area contributed by atoms with Gasteiger partial charge in [0.05, 0.1) is 17.9 Å². The lowest BCUT2D eigenvalue weighted by Gasteiger charge is -2.30. The zero-order valence-corrected chi connectivity index (χ0v) is 15.7. The van der Waals surface area contributed by atoms with Crippen LogP contribution >= 0.6 is 0 Å². The van der Waals surface area contributed by atoms with Crippen LogP contribution in [0.2, 0.25) is 0 Å². The van der Waals surface area contributed by atoms with Crippen LogP contribution in [0, 0.1) is 23.7 Å². The molecular weight excluding hydrogens is 366 g/mol. The predicted molar refractivity (Wildman–Crippen MR) is 85.6 cm³/mol. The number of hydrogen-bond acceptors (Lipinski definition) is 7. The predicted octanol–water partition coefficient (Wildman–Crippen LogP) is 1.72. The number of halogens is 2. The fourth-order valence-corrected chi connectivity index (χ4v) is 4.36. The Labute approximate surface area is 155 Å². The van der Waals surface area contributed by atoms with Gasteiger partial charge in [0.25, 0.3) is 5.92 Å². The van der Waals surface area contributed by atoms with E-state index in [9.17, 15) is 23.2 Å². The van der Waals surface area contributed by atoms with Gasteiger partial charge in [-0.2, -0.15) is 0 Å². The Morgan fingerprint density at radius 1 is 1.19 bits per heavy atom. The molecule has 2 bridgehead atoms. The number of rotatable bonds is 6. The molecule has 27 heavy (non-hydrogen) atoms. The summed E-state index contributed by atoms with van der Waals surface area (Å²) >= 11 is 0. The average molecular weight is 390 g/mol. The summed E-state index contributed by atoms with van der Waals surface area (Å²) in [5, 5.41) is 0. The molecule has 6 unspecified atom stereocenters. The van der Waals surface area contributed by atoms with Crippen LogP contribution in [0.5, 0.6) is 0 Å². The van der Waals surface area contributed by atoms with Crippen molar-refractivity contribution in [3.8, 4) is 0 Å². The number of hydrogen-bond donors (Lipinski definition) is 0. The fraction of sp³-hybridized carbons (Fsp3) is 0.833. The number of esters is 3. The first-order chi connectivity index (χ1) is 12.4. The van der Waals surface area contributed by atoms with E-state index in [4.69, 9.17) is 18.9 Å². The number of carbonyl (C=O) groups excluding carboxylic acids is 3. The summed E-state index contributed by atoms with van der Waals surface area (Å²) in [6.07, 6.45) is -0.709. The van der Waals surface area contributed by atoms with Gasteiger partial charge >= 0.3 is 17.9 Å². The summed E-state index contributed by atoms with van der Waals surface area (Å²) < 4.78 is 46.9. The second kappa shape index (κ2) is 6.68. The molecular formula is C18H24F2O7. The SMILES string of the molecule is CC(F)(F)COC(=O)C1C2CC3C(OC(=O)C31)C2OCC(=O)OC(C)(C)C. The van der Waals surface area contributed by atoms with Crippen molar-refractivity contribution in [2.45, 2.75) is 57.8 Å². The van der Waals surface area contributed by atoms with Gasteiger partial charge in [0.1, 0.15) is 18.3 Å². The van der Waals surface area contributed by atoms with Gasteiger partial charge in [0, 0.05) is 18.8 Å². The van der Waals surface area contributed by atoms with Crippen molar-refractivity contribution >= 4 is 17.9 Å². The highest BCUT2D eigenvalue weighted by Gasteiger charge is 2.69. The van der Waals surface area contributed by atoms with Gasteiger partial charge in [-0.05, 0) is 27.2 Å². The normalized spacial score (nSPS) is 34.5. The van der Waals surface area contributed by atoms with Gasteiger partial charge in [-0.25, -0.2) is 13.6 Å². The van der Waals surface area contributed by atoms with Crippen molar-refractivity contribution in [2.75, 3.05) is 13.2 Å². The maximum atomic E-state index is 13.0. The smallest absolute Gasteiger partial charge is 0.332 e. The molecule has 3 fully saturated rings. The largest absolute Gasteiger partial charge is 0.459 e.